The van der Waals surface area contributed by atoms with Crippen molar-refractivity contribution in [2.24, 2.45) is 0 Å². The number of methoxy groups -OCH3 is 1. The molecule has 0 bridgehead atoms. The summed E-state index contributed by atoms with van der Waals surface area (Å²) in [6, 6.07) is 9.21. The molecular weight excluding hydrogens is 254 g/mol. The van der Waals surface area contributed by atoms with E-state index in [0.29, 0.717) is 6.04 Å². The molecule has 2 N–H and O–H groups in total. The molecular formula is C15H21N3O2. The molecule has 2 aliphatic heterocycles. The van der Waals surface area contributed by atoms with Crippen molar-refractivity contribution in [1.29, 1.82) is 0 Å². The Morgan fingerprint density at radius 2 is 2.30 bits per heavy atom. The monoisotopic (exact) mass is 275 g/mol. The molecule has 1 aromatic carbocycles. The molecule has 0 aliphatic carbocycles. The van der Waals surface area contributed by atoms with Crippen molar-refractivity contribution in [2.45, 2.75) is 25.0 Å². The molecule has 2 aliphatic rings. The molecule has 1 saturated heterocycles. The highest BCUT2D eigenvalue weighted by atomic mass is 16.5. The molecule has 5 nitrogen and oxygen atoms in total. The molecule has 0 saturated carbocycles. The minimum atomic E-state index is -0.334. The van der Waals surface area contributed by atoms with Gasteiger partial charge in [0.15, 0.2) is 0 Å². The Balaban J connectivity index is 1.68. The van der Waals surface area contributed by atoms with Gasteiger partial charge in [0.2, 0.25) is 0 Å². The van der Waals surface area contributed by atoms with Crippen LogP contribution >= 0.6 is 0 Å². The van der Waals surface area contributed by atoms with Gasteiger partial charge in [0.25, 0.3) is 0 Å². The summed E-state index contributed by atoms with van der Waals surface area (Å²) in [5.41, 5.74) is 2.80. The summed E-state index contributed by atoms with van der Waals surface area (Å²) in [6.07, 6.45) is 0.646. The van der Waals surface area contributed by atoms with Crippen LogP contribution in [0.4, 0.5) is 4.79 Å². The summed E-state index contributed by atoms with van der Waals surface area (Å²) in [5.74, 6) is 0. The van der Waals surface area contributed by atoms with Crippen molar-refractivity contribution >= 4 is 6.09 Å². The van der Waals surface area contributed by atoms with Crippen LogP contribution in [0.5, 0.6) is 0 Å². The summed E-state index contributed by atoms with van der Waals surface area (Å²) in [4.78, 5) is 13.7. The molecule has 5 heteroatoms. The normalized spacial score (nSPS) is 26.1. The first-order valence-corrected chi connectivity index (χ1v) is 7.15. The number of carbonyl (C=O) groups excluding carboxylic acids is 1. The number of amides is 1. The van der Waals surface area contributed by atoms with E-state index in [2.05, 4.69) is 44.5 Å². The quantitative estimate of drug-likeness (QED) is 0.853. The molecule has 2 unspecified atom stereocenters. The number of fused-ring (bicyclic) bond motifs is 1. The molecule has 0 aromatic heterocycles. The summed E-state index contributed by atoms with van der Waals surface area (Å²) >= 11 is 0. The fourth-order valence-electron chi connectivity index (χ4n) is 3.21. The number of nitrogens with one attached hydrogen (secondary N) is 2. The standard InChI is InChI=1S/C15H21N3O2/c1-20-15(19)17-12-6-7-18(10-12)14-9-16-8-11-4-2-3-5-13(11)14/h2-5,12,14,16H,6-10H2,1H3,(H,17,19). The van der Waals surface area contributed by atoms with Gasteiger partial charge in [-0.05, 0) is 17.5 Å². The predicted molar refractivity (Wildman–Crippen MR) is 76.4 cm³/mol. The highest BCUT2D eigenvalue weighted by molar-refractivity contribution is 5.67. The van der Waals surface area contributed by atoms with Crippen LogP contribution in [0, 0.1) is 0 Å². The SMILES string of the molecule is COC(=O)NC1CCN(C2CNCc3ccccc32)C1. The van der Waals surface area contributed by atoms with Gasteiger partial charge in [-0.25, -0.2) is 4.79 Å². The zero-order valence-corrected chi connectivity index (χ0v) is 11.8. The van der Waals surface area contributed by atoms with Gasteiger partial charge >= 0.3 is 6.09 Å². The molecule has 2 atom stereocenters. The van der Waals surface area contributed by atoms with Crippen molar-refractivity contribution < 1.29 is 9.53 Å². The molecule has 1 fully saturated rings. The number of likely N-dealkylation sites (tertiary alicyclic amines) is 1. The van der Waals surface area contributed by atoms with E-state index in [0.717, 1.165) is 32.6 Å². The second-order valence-electron chi connectivity index (χ2n) is 5.46. The summed E-state index contributed by atoms with van der Waals surface area (Å²) in [7, 11) is 1.41. The zero-order valence-electron chi connectivity index (χ0n) is 11.8. The van der Waals surface area contributed by atoms with Crippen LogP contribution in [0.15, 0.2) is 24.3 Å². The van der Waals surface area contributed by atoms with Crippen molar-refractivity contribution in [3.63, 3.8) is 0 Å². The van der Waals surface area contributed by atoms with Crippen LogP contribution < -0.4 is 10.6 Å². The average Bonchev–Trinajstić information content (AvgIpc) is 2.94. The smallest absolute Gasteiger partial charge is 0.407 e. The number of ether oxygens (including phenoxy) is 1. The molecule has 108 valence electrons. The van der Waals surface area contributed by atoms with Crippen LogP contribution in [-0.2, 0) is 11.3 Å². The maximum atomic E-state index is 11.3. The lowest BCUT2D eigenvalue weighted by Crippen LogP contribution is -2.41. The minimum absolute atomic E-state index is 0.191. The van der Waals surface area contributed by atoms with E-state index in [9.17, 15) is 4.79 Å². The van der Waals surface area contributed by atoms with Gasteiger partial charge in [0, 0.05) is 38.3 Å². The van der Waals surface area contributed by atoms with Gasteiger partial charge in [-0.3, -0.25) is 4.90 Å². The third kappa shape index (κ3) is 2.64. The van der Waals surface area contributed by atoms with Gasteiger partial charge in [0.05, 0.1) is 7.11 Å². The van der Waals surface area contributed by atoms with Crippen LogP contribution in [-0.4, -0.2) is 43.8 Å². The molecule has 2 heterocycles. The highest BCUT2D eigenvalue weighted by Crippen LogP contribution is 2.29. The maximum Gasteiger partial charge on any atom is 0.407 e. The fraction of sp³-hybridized carbons (Fsp3) is 0.533. The van der Waals surface area contributed by atoms with E-state index in [1.54, 1.807) is 0 Å². The number of carbonyl (C=O) groups is 1. The molecule has 0 spiro atoms. The topological polar surface area (TPSA) is 53.6 Å². The average molecular weight is 275 g/mol. The third-order valence-electron chi connectivity index (χ3n) is 4.24. The van der Waals surface area contributed by atoms with Crippen molar-refractivity contribution in [3.8, 4) is 0 Å². The number of benzene rings is 1. The van der Waals surface area contributed by atoms with Crippen molar-refractivity contribution in [1.82, 2.24) is 15.5 Å². The molecule has 3 rings (SSSR count). The Hall–Kier alpha value is -1.59. The molecule has 0 radical (unpaired) electrons. The number of alkyl carbamates (subject to hydrolysis) is 1. The Morgan fingerprint density at radius 3 is 3.15 bits per heavy atom. The van der Waals surface area contributed by atoms with E-state index in [4.69, 9.17) is 0 Å². The van der Waals surface area contributed by atoms with Crippen molar-refractivity contribution in [2.75, 3.05) is 26.7 Å². The third-order valence-corrected chi connectivity index (χ3v) is 4.24. The van der Waals surface area contributed by atoms with Crippen LogP contribution in [0.3, 0.4) is 0 Å². The lowest BCUT2D eigenvalue weighted by molar-refractivity contribution is 0.165. The lowest BCUT2D eigenvalue weighted by Gasteiger charge is -2.33. The lowest BCUT2D eigenvalue weighted by atomic mass is 9.96. The number of rotatable bonds is 2. The zero-order chi connectivity index (χ0) is 13.9. The largest absolute Gasteiger partial charge is 0.453 e. The second-order valence-corrected chi connectivity index (χ2v) is 5.46. The Morgan fingerprint density at radius 1 is 1.45 bits per heavy atom. The Kier molecular flexibility index (Phi) is 3.89. The minimum Gasteiger partial charge on any atom is -0.453 e. The fourth-order valence-corrected chi connectivity index (χ4v) is 3.21. The Labute approximate surface area is 119 Å². The summed E-state index contributed by atoms with van der Waals surface area (Å²) < 4.78 is 4.67. The van der Waals surface area contributed by atoms with E-state index in [1.807, 2.05) is 0 Å². The number of hydrogen-bond donors (Lipinski definition) is 2. The Bertz CT molecular complexity index is 492. The van der Waals surface area contributed by atoms with Gasteiger partial charge in [0.1, 0.15) is 0 Å². The first-order valence-electron chi connectivity index (χ1n) is 7.15. The number of nitrogens with zero attached hydrogens (tertiary/aromatic N) is 1. The van der Waals surface area contributed by atoms with E-state index < -0.39 is 0 Å². The molecule has 20 heavy (non-hydrogen) atoms. The first-order chi connectivity index (χ1) is 9.78. The number of hydrogen-bond acceptors (Lipinski definition) is 4. The molecule has 1 aromatic rings. The molecule has 1 amide bonds. The van der Waals surface area contributed by atoms with Crippen LogP contribution in [0.25, 0.3) is 0 Å². The van der Waals surface area contributed by atoms with Crippen LogP contribution in [0.2, 0.25) is 0 Å². The van der Waals surface area contributed by atoms with Gasteiger partial charge in [-0.1, -0.05) is 24.3 Å². The maximum absolute atomic E-state index is 11.3. The van der Waals surface area contributed by atoms with Crippen LogP contribution in [0.1, 0.15) is 23.6 Å². The first kappa shape index (κ1) is 13.4. The second kappa shape index (κ2) is 5.81. The van der Waals surface area contributed by atoms with Crippen molar-refractivity contribution in [3.05, 3.63) is 35.4 Å². The van der Waals surface area contributed by atoms with Gasteiger partial charge in [-0.15, -0.1) is 0 Å². The van der Waals surface area contributed by atoms with Gasteiger partial charge < -0.3 is 15.4 Å². The van der Waals surface area contributed by atoms with E-state index in [1.165, 1.54) is 18.2 Å². The summed E-state index contributed by atoms with van der Waals surface area (Å²) in [5, 5.41) is 6.38. The highest BCUT2D eigenvalue weighted by Gasteiger charge is 2.32. The summed E-state index contributed by atoms with van der Waals surface area (Å²) in [6.45, 7) is 3.82. The van der Waals surface area contributed by atoms with E-state index >= 15 is 0 Å². The predicted octanol–water partition coefficient (Wildman–Crippen LogP) is 1.26. The van der Waals surface area contributed by atoms with Gasteiger partial charge in [-0.2, -0.15) is 0 Å². The van der Waals surface area contributed by atoms with E-state index in [-0.39, 0.29) is 12.1 Å².